The molecule has 4 nitrogen and oxygen atoms in total. The number of hydrogen-bond donors (Lipinski definition) is 1. The Balaban J connectivity index is 1.88. The van der Waals surface area contributed by atoms with Crippen molar-refractivity contribution in [3.8, 4) is 5.75 Å². The molecule has 0 saturated carbocycles. The first-order valence-electron chi connectivity index (χ1n) is 7.14. The van der Waals surface area contributed by atoms with Crippen LogP contribution in [0.15, 0.2) is 36.7 Å². The summed E-state index contributed by atoms with van der Waals surface area (Å²) in [6.07, 6.45) is 4.45. The summed E-state index contributed by atoms with van der Waals surface area (Å²) in [6, 6.07) is 7.49. The Hall–Kier alpha value is -1.65. The molecule has 3 rings (SSSR count). The molecule has 0 amide bonds. The second kappa shape index (κ2) is 6.41. The Morgan fingerprint density at radius 1 is 1.33 bits per heavy atom. The minimum absolute atomic E-state index is 0.138. The zero-order chi connectivity index (χ0) is 14.7. The molecule has 2 aromatic rings. The highest BCUT2D eigenvalue weighted by atomic mass is 35.5. The molecule has 110 valence electrons. The van der Waals surface area contributed by atoms with E-state index in [1.165, 1.54) is 0 Å². The first-order chi connectivity index (χ1) is 10.2. The van der Waals surface area contributed by atoms with Crippen LogP contribution in [0.4, 0.5) is 0 Å². The molecule has 0 spiro atoms. The zero-order valence-electron chi connectivity index (χ0n) is 11.9. The number of hydrogen-bond acceptors (Lipinski definition) is 4. The molecular weight excluding hydrogens is 286 g/mol. The monoisotopic (exact) mass is 303 g/mol. The molecule has 1 aliphatic heterocycles. The highest BCUT2D eigenvalue weighted by Crippen LogP contribution is 2.32. The van der Waals surface area contributed by atoms with Gasteiger partial charge < -0.3 is 10.1 Å². The van der Waals surface area contributed by atoms with Gasteiger partial charge >= 0.3 is 0 Å². The van der Waals surface area contributed by atoms with Crippen molar-refractivity contribution in [3.63, 3.8) is 0 Å². The molecule has 2 heterocycles. The van der Waals surface area contributed by atoms with Crippen LogP contribution in [0.3, 0.4) is 0 Å². The van der Waals surface area contributed by atoms with Crippen LogP contribution in [0.2, 0.25) is 5.02 Å². The molecule has 0 radical (unpaired) electrons. The van der Waals surface area contributed by atoms with Crippen LogP contribution in [0, 0.1) is 12.8 Å². The van der Waals surface area contributed by atoms with Crippen molar-refractivity contribution in [1.29, 1.82) is 0 Å². The number of ether oxygens (including phenoxy) is 1. The summed E-state index contributed by atoms with van der Waals surface area (Å²) in [7, 11) is 0. The average molecular weight is 304 g/mol. The van der Waals surface area contributed by atoms with Crippen molar-refractivity contribution < 1.29 is 4.74 Å². The molecule has 0 unspecified atom stereocenters. The van der Waals surface area contributed by atoms with Gasteiger partial charge in [0.05, 0.1) is 0 Å². The Morgan fingerprint density at radius 3 is 2.81 bits per heavy atom. The van der Waals surface area contributed by atoms with Gasteiger partial charge in [-0.3, -0.25) is 0 Å². The molecular formula is C16H18ClN3O. The van der Waals surface area contributed by atoms with Crippen molar-refractivity contribution in [3.05, 3.63) is 53.1 Å². The van der Waals surface area contributed by atoms with Crippen LogP contribution in [0.1, 0.15) is 23.9 Å². The minimum Gasteiger partial charge on any atom is -0.482 e. The number of halogens is 1. The lowest BCUT2D eigenvalue weighted by molar-refractivity contribution is 0.134. The summed E-state index contributed by atoms with van der Waals surface area (Å²) in [4.78, 5) is 8.75. The molecule has 1 fully saturated rings. The minimum atomic E-state index is -0.138. The highest BCUT2D eigenvalue weighted by Gasteiger charge is 2.30. The fraction of sp³-hybridized carbons (Fsp3) is 0.375. The van der Waals surface area contributed by atoms with Crippen LogP contribution < -0.4 is 10.1 Å². The number of aryl methyl sites for hydroxylation is 1. The molecule has 1 aromatic heterocycles. The predicted octanol–water partition coefficient (Wildman–Crippen LogP) is 3.17. The second-order valence-electron chi connectivity index (χ2n) is 5.31. The van der Waals surface area contributed by atoms with Gasteiger partial charge in [-0.2, -0.15) is 0 Å². The van der Waals surface area contributed by atoms with Crippen LogP contribution in [-0.2, 0) is 0 Å². The van der Waals surface area contributed by atoms with E-state index >= 15 is 0 Å². The Labute approximate surface area is 129 Å². The molecule has 2 atom stereocenters. The van der Waals surface area contributed by atoms with E-state index in [9.17, 15) is 0 Å². The van der Waals surface area contributed by atoms with Gasteiger partial charge in [-0.25, -0.2) is 9.97 Å². The summed E-state index contributed by atoms with van der Waals surface area (Å²) in [5.41, 5.74) is 1.02. The molecule has 1 N–H and O–H groups in total. The number of nitrogens with one attached hydrogen (secondary N) is 1. The smallest absolute Gasteiger partial charge is 0.169 e. The third-order valence-corrected chi connectivity index (χ3v) is 3.99. The molecule has 0 bridgehead atoms. The Morgan fingerprint density at radius 2 is 2.14 bits per heavy atom. The maximum atomic E-state index is 6.25. The lowest BCUT2D eigenvalue weighted by Crippen LogP contribution is -2.23. The Kier molecular flexibility index (Phi) is 4.36. The van der Waals surface area contributed by atoms with Gasteiger partial charge in [0.15, 0.2) is 11.9 Å². The average Bonchev–Trinajstić information content (AvgIpc) is 3.01. The third-order valence-electron chi connectivity index (χ3n) is 3.76. The van der Waals surface area contributed by atoms with E-state index in [1.54, 1.807) is 12.4 Å². The predicted molar refractivity (Wildman–Crippen MR) is 82.6 cm³/mol. The van der Waals surface area contributed by atoms with Gasteiger partial charge in [0, 0.05) is 29.9 Å². The maximum absolute atomic E-state index is 6.25. The van der Waals surface area contributed by atoms with Crippen molar-refractivity contribution in [2.45, 2.75) is 19.4 Å². The van der Waals surface area contributed by atoms with Gasteiger partial charge in [0.25, 0.3) is 0 Å². The van der Waals surface area contributed by atoms with Gasteiger partial charge in [-0.05, 0) is 49.7 Å². The highest BCUT2D eigenvalue weighted by molar-refractivity contribution is 6.30. The summed E-state index contributed by atoms with van der Waals surface area (Å²) in [5, 5.41) is 4.09. The van der Waals surface area contributed by atoms with E-state index in [0.717, 1.165) is 41.7 Å². The van der Waals surface area contributed by atoms with E-state index in [-0.39, 0.29) is 6.10 Å². The van der Waals surface area contributed by atoms with E-state index in [4.69, 9.17) is 16.3 Å². The van der Waals surface area contributed by atoms with Crippen LogP contribution in [0.25, 0.3) is 0 Å². The lowest BCUT2D eigenvalue weighted by atomic mass is 10.0. The standard InChI is InChI=1S/C16H18ClN3O/c1-11-9-13(17)3-4-14(11)21-15(12-5-8-18-10-12)16-19-6-2-7-20-16/h2-4,6-7,9,12,15,18H,5,8,10H2,1H3/t12-,15+/m0/s1. The van der Waals surface area contributed by atoms with Crippen molar-refractivity contribution in [2.24, 2.45) is 5.92 Å². The van der Waals surface area contributed by atoms with Crippen LogP contribution in [0.5, 0.6) is 5.75 Å². The number of rotatable bonds is 4. The molecule has 5 heteroatoms. The van der Waals surface area contributed by atoms with Crippen molar-refractivity contribution >= 4 is 11.6 Å². The van der Waals surface area contributed by atoms with Crippen molar-refractivity contribution in [2.75, 3.05) is 13.1 Å². The van der Waals surface area contributed by atoms with E-state index < -0.39 is 0 Å². The molecule has 0 aliphatic carbocycles. The van der Waals surface area contributed by atoms with E-state index in [1.807, 2.05) is 31.2 Å². The van der Waals surface area contributed by atoms with Crippen LogP contribution >= 0.6 is 11.6 Å². The number of aromatic nitrogens is 2. The summed E-state index contributed by atoms with van der Waals surface area (Å²) >= 11 is 6.01. The zero-order valence-corrected chi connectivity index (χ0v) is 12.7. The molecule has 1 saturated heterocycles. The SMILES string of the molecule is Cc1cc(Cl)ccc1O[C@@H](c1ncccn1)[C@H]1CCNC1. The fourth-order valence-electron chi connectivity index (χ4n) is 2.63. The first kappa shape index (κ1) is 14.3. The van der Waals surface area contributed by atoms with Gasteiger partial charge in [0.2, 0.25) is 0 Å². The van der Waals surface area contributed by atoms with Crippen molar-refractivity contribution in [1.82, 2.24) is 15.3 Å². The molecule has 21 heavy (non-hydrogen) atoms. The summed E-state index contributed by atoms with van der Waals surface area (Å²) in [5.74, 6) is 1.95. The summed E-state index contributed by atoms with van der Waals surface area (Å²) in [6.45, 7) is 3.93. The quantitative estimate of drug-likeness (QED) is 0.942. The molecule has 1 aromatic carbocycles. The first-order valence-corrected chi connectivity index (χ1v) is 7.52. The molecule has 1 aliphatic rings. The summed E-state index contributed by atoms with van der Waals surface area (Å²) < 4.78 is 6.25. The van der Waals surface area contributed by atoms with Gasteiger partial charge in [0.1, 0.15) is 5.75 Å². The number of benzene rings is 1. The topological polar surface area (TPSA) is 47.0 Å². The normalized spacial score (nSPS) is 19.4. The van der Waals surface area contributed by atoms with Crippen LogP contribution in [-0.4, -0.2) is 23.1 Å². The fourth-order valence-corrected chi connectivity index (χ4v) is 2.86. The lowest BCUT2D eigenvalue weighted by Gasteiger charge is -2.24. The second-order valence-corrected chi connectivity index (χ2v) is 5.74. The van der Waals surface area contributed by atoms with E-state index in [2.05, 4.69) is 15.3 Å². The van der Waals surface area contributed by atoms with Gasteiger partial charge in [-0.15, -0.1) is 0 Å². The number of nitrogens with zero attached hydrogens (tertiary/aromatic N) is 2. The maximum Gasteiger partial charge on any atom is 0.169 e. The third kappa shape index (κ3) is 3.34. The Bertz CT molecular complexity index is 600. The largest absolute Gasteiger partial charge is 0.482 e. The van der Waals surface area contributed by atoms with Gasteiger partial charge in [-0.1, -0.05) is 11.6 Å². The van der Waals surface area contributed by atoms with E-state index in [0.29, 0.717) is 5.92 Å².